The third-order valence-corrected chi connectivity index (χ3v) is 5.38. The number of hydrogen-bond acceptors (Lipinski definition) is 1. The average Bonchev–Trinajstić information content (AvgIpc) is 2.72. The zero-order valence-electron chi connectivity index (χ0n) is 15.5. The molecule has 1 atom stereocenters. The van der Waals surface area contributed by atoms with E-state index in [1.807, 2.05) is 18.2 Å². The second-order valence-corrected chi connectivity index (χ2v) is 7.34. The van der Waals surface area contributed by atoms with Crippen LogP contribution in [0.25, 0.3) is 16.3 Å². The van der Waals surface area contributed by atoms with Crippen molar-refractivity contribution in [1.82, 2.24) is 5.32 Å². The quantitative estimate of drug-likeness (QED) is 0.564. The minimum absolute atomic E-state index is 0.265. The van der Waals surface area contributed by atoms with Gasteiger partial charge in [0.25, 0.3) is 0 Å². The molecule has 3 aromatic rings. The number of alkyl halides is 3. The first kappa shape index (κ1) is 18.8. The van der Waals surface area contributed by atoms with E-state index in [0.717, 1.165) is 30.9 Å². The molecule has 0 fully saturated rings. The molecule has 0 aromatic heterocycles. The van der Waals surface area contributed by atoms with Crippen molar-refractivity contribution < 1.29 is 13.2 Å². The SMILES string of the molecule is FC(F)(F)c1cccc(C2=CCNC(CCc3ccc4ccccc4c3)C2)c1. The number of halogens is 3. The molecule has 4 heteroatoms. The summed E-state index contributed by atoms with van der Waals surface area (Å²) in [6, 6.07) is 20.7. The molecule has 0 saturated carbocycles. The number of aryl methyl sites for hydroxylation is 1. The van der Waals surface area contributed by atoms with Crippen LogP contribution in [-0.4, -0.2) is 12.6 Å². The van der Waals surface area contributed by atoms with Crippen molar-refractivity contribution in [2.45, 2.75) is 31.5 Å². The van der Waals surface area contributed by atoms with Crippen molar-refractivity contribution in [3.8, 4) is 0 Å². The summed E-state index contributed by atoms with van der Waals surface area (Å²) in [5.74, 6) is 0. The molecular formula is C24H22F3N. The maximum absolute atomic E-state index is 13.0. The Hall–Kier alpha value is -2.59. The Labute approximate surface area is 162 Å². The summed E-state index contributed by atoms with van der Waals surface area (Å²) in [5.41, 5.74) is 2.37. The fraction of sp³-hybridized carbons (Fsp3) is 0.250. The smallest absolute Gasteiger partial charge is 0.310 e. The molecule has 0 amide bonds. The van der Waals surface area contributed by atoms with Crippen molar-refractivity contribution in [2.24, 2.45) is 0 Å². The van der Waals surface area contributed by atoms with E-state index in [0.29, 0.717) is 12.1 Å². The van der Waals surface area contributed by atoms with E-state index in [1.165, 1.54) is 28.5 Å². The molecule has 0 radical (unpaired) electrons. The highest BCUT2D eigenvalue weighted by atomic mass is 19.4. The van der Waals surface area contributed by atoms with Crippen molar-refractivity contribution >= 4 is 16.3 Å². The monoisotopic (exact) mass is 381 g/mol. The van der Waals surface area contributed by atoms with Crippen molar-refractivity contribution in [3.63, 3.8) is 0 Å². The van der Waals surface area contributed by atoms with Crippen LogP contribution < -0.4 is 5.32 Å². The Morgan fingerprint density at radius 2 is 1.71 bits per heavy atom. The van der Waals surface area contributed by atoms with Gasteiger partial charge >= 0.3 is 6.18 Å². The maximum Gasteiger partial charge on any atom is 0.416 e. The van der Waals surface area contributed by atoms with E-state index in [-0.39, 0.29) is 6.04 Å². The molecule has 3 aromatic carbocycles. The summed E-state index contributed by atoms with van der Waals surface area (Å²) in [4.78, 5) is 0. The molecule has 1 nitrogen and oxygen atoms in total. The third kappa shape index (κ3) is 4.28. The van der Waals surface area contributed by atoms with Crippen molar-refractivity contribution in [1.29, 1.82) is 0 Å². The molecule has 1 N–H and O–H groups in total. The number of rotatable bonds is 4. The number of benzene rings is 3. The Kier molecular flexibility index (Phi) is 5.23. The lowest BCUT2D eigenvalue weighted by Gasteiger charge is -2.25. The lowest BCUT2D eigenvalue weighted by Crippen LogP contribution is -2.33. The van der Waals surface area contributed by atoms with Gasteiger partial charge in [-0.15, -0.1) is 0 Å². The van der Waals surface area contributed by atoms with Gasteiger partial charge in [-0.25, -0.2) is 0 Å². The highest BCUT2D eigenvalue weighted by molar-refractivity contribution is 5.83. The van der Waals surface area contributed by atoms with Crippen LogP contribution in [0, 0.1) is 0 Å². The topological polar surface area (TPSA) is 12.0 Å². The zero-order valence-corrected chi connectivity index (χ0v) is 15.5. The fourth-order valence-corrected chi connectivity index (χ4v) is 3.84. The lowest BCUT2D eigenvalue weighted by atomic mass is 9.91. The van der Waals surface area contributed by atoms with Crippen molar-refractivity contribution in [2.75, 3.05) is 6.54 Å². The van der Waals surface area contributed by atoms with Gasteiger partial charge in [0.1, 0.15) is 0 Å². The summed E-state index contributed by atoms with van der Waals surface area (Å²) >= 11 is 0. The minimum atomic E-state index is -4.31. The third-order valence-electron chi connectivity index (χ3n) is 5.38. The van der Waals surface area contributed by atoms with Gasteiger partial charge < -0.3 is 5.32 Å². The van der Waals surface area contributed by atoms with E-state index >= 15 is 0 Å². The number of fused-ring (bicyclic) bond motifs is 1. The molecular weight excluding hydrogens is 359 g/mol. The van der Waals surface area contributed by atoms with Gasteiger partial charge in [-0.3, -0.25) is 0 Å². The fourth-order valence-electron chi connectivity index (χ4n) is 3.84. The highest BCUT2D eigenvalue weighted by Gasteiger charge is 2.30. The van der Waals surface area contributed by atoms with E-state index in [2.05, 4.69) is 35.6 Å². The van der Waals surface area contributed by atoms with Gasteiger partial charge in [-0.1, -0.05) is 60.7 Å². The summed E-state index contributed by atoms with van der Waals surface area (Å²) in [7, 11) is 0. The number of hydrogen-bond donors (Lipinski definition) is 1. The van der Waals surface area contributed by atoms with E-state index < -0.39 is 11.7 Å². The van der Waals surface area contributed by atoms with Gasteiger partial charge in [-0.05, 0) is 58.9 Å². The van der Waals surface area contributed by atoms with Crippen molar-refractivity contribution in [3.05, 3.63) is 89.5 Å². The van der Waals surface area contributed by atoms with Crippen LogP contribution in [0.1, 0.15) is 29.5 Å². The summed E-state index contributed by atoms with van der Waals surface area (Å²) < 4.78 is 39.0. The summed E-state index contributed by atoms with van der Waals surface area (Å²) in [6.45, 7) is 0.688. The molecule has 0 saturated heterocycles. The molecule has 4 rings (SSSR count). The predicted octanol–water partition coefficient (Wildman–Crippen LogP) is 6.24. The molecule has 1 heterocycles. The molecule has 0 bridgehead atoms. The van der Waals surface area contributed by atoms with Crippen LogP contribution >= 0.6 is 0 Å². The summed E-state index contributed by atoms with van der Waals surface area (Å²) in [5, 5.41) is 5.94. The van der Waals surface area contributed by atoms with Gasteiger partial charge in [0.2, 0.25) is 0 Å². The first-order valence-corrected chi connectivity index (χ1v) is 9.57. The second kappa shape index (κ2) is 7.80. The first-order valence-electron chi connectivity index (χ1n) is 9.57. The standard InChI is InChI=1S/C24H22F3N/c25-24(26,27)22-7-3-6-20(15-22)21-12-13-28-23(16-21)11-9-17-8-10-18-4-1-2-5-19(18)14-17/h1-8,10,12,14-15,23,28H,9,11,13,16H2. The molecule has 1 aliphatic rings. The Morgan fingerprint density at radius 1 is 0.893 bits per heavy atom. The van der Waals surface area contributed by atoms with E-state index in [1.54, 1.807) is 6.07 Å². The normalized spacial score (nSPS) is 17.5. The predicted molar refractivity (Wildman–Crippen MR) is 108 cm³/mol. The van der Waals surface area contributed by atoms with Crippen LogP contribution in [0.15, 0.2) is 72.8 Å². The van der Waals surface area contributed by atoms with Gasteiger partial charge in [0.15, 0.2) is 0 Å². The van der Waals surface area contributed by atoms with E-state index in [4.69, 9.17) is 0 Å². The van der Waals surface area contributed by atoms with Crippen LogP contribution in [0.5, 0.6) is 0 Å². The summed E-state index contributed by atoms with van der Waals surface area (Å²) in [6.07, 6.45) is 0.336. The molecule has 28 heavy (non-hydrogen) atoms. The molecule has 0 spiro atoms. The Balaban J connectivity index is 1.43. The first-order chi connectivity index (χ1) is 13.5. The van der Waals surface area contributed by atoms with E-state index in [9.17, 15) is 13.2 Å². The molecule has 1 aliphatic heterocycles. The Morgan fingerprint density at radius 3 is 2.54 bits per heavy atom. The average molecular weight is 381 g/mol. The van der Waals surface area contributed by atoms with Gasteiger partial charge in [0, 0.05) is 12.6 Å². The largest absolute Gasteiger partial charge is 0.416 e. The second-order valence-electron chi connectivity index (χ2n) is 7.34. The zero-order chi connectivity index (χ0) is 19.6. The van der Waals surface area contributed by atoms with Crippen LogP contribution in [0.3, 0.4) is 0 Å². The highest BCUT2D eigenvalue weighted by Crippen LogP contribution is 2.32. The minimum Gasteiger partial charge on any atom is -0.310 e. The van der Waals surface area contributed by atoms with Gasteiger partial charge in [0.05, 0.1) is 5.56 Å². The number of nitrogens with one attached hydrogen (secondary N) is 1. The molecule has 1 unspecified atom stereocenters. The van der Waals surface area contributed by atoms with Gasteiger partial charge in [-0.2, -0.15) is 13.2 Å². The van der Waals surface area contributed by atoms with Crippen LogP contribution in [0.4, 0.5) is 13.2 Å². The molecule has 144 valence electrons. The Bertz CT molecular complexity index is 1000. The molecule has 0 aliphatic carbocycles. The van der Waals surface area contributed by atoms with Crippen LogP contribution in [0.2, 0.25) is 0 Å². The maximum atomic E-state index is 13.0. The van der Waals surface area contributed by atoms with Crippen LogP contribution in [-0.2, 0) is 12.6 Å². The lowest BCUT2D eigenvalue weighted by molar-refractivity contribution is -0.137.